The zero-order valence-corrected chi connectivity index (χ0v) is 10.6. The highest BCUT2D eigenvalue weighted by atomic mass is 16.5. The van der Waals surface area contributed by atoms with E-state index in [4.69, 9.17) is 4.74 Å². The van der Waals surface area contributed by atoms with Crippen molar-refractivity contribution in [3.63, 3.8) is 0 Å². The number of nitrogens with one attached hydrogen (secondary N) is 1. The van der Waals surface area contributed by atoms with Crippen LogP contribution < -0.4 is 10.1 Å². The molecule has 16 heavy (non-hydrogen) atoms. The van der Waals surface area contributed by atoms with Gasteiger partial charge in [-0.15, -0.1) is 0 Å². The molecule has 1 rings (SSSR count). The molecule has 0 aliphatic heterocycles. The Bertz CT molecular complexity index is 271. The molecule has 1 atom stereocenters. The Labute approximate surface area is 99.0 Å². The third kappa shape index (κ3) is 5.17. The van der Waals surface area contributed by atoms with E-state index in [1.807, 2.05) is 30.3 Å². The monoisotopic (exact) mass is 221 g/mol. The largest absolute Gasteiger partial charge is 0.489 e. The number of para-hydroxylation sites is 1. The molecule has 2 nitrogen and oxygen atoms in total. The number of rotatable bonds is 7. The summed E-state index contributed by atoms with van der Waals surface area (Å²) in [6, 6.07) is 10.0. The van der Waals surface area contributed by atoms with E-state index in [-0.39, 0.29) is 6.10 Å². The van der Waals surface area contributed by atoms with E-state index in [9.17, 15) is 0 Å². The first-order chi connectivity index (χ1) is 7.72. The van der Waals surface area contributed by atoms with Gasteiger partial charge in [-0.3, -0.25) is 0 Å². The molecule has 1 unspecified atom stereocenters. The van der Waals surface area contributed by atoms with Crippen LogP contribution >= 0.6 is 0 Å². The standard InChI is InChI=1S/C14H23NO/c1-4-13(11-15-10-12(2)3)16-14-8-6-5-7-9-14/h5-9,12-13,15H,4,10-11H2,1-3H3. The Morgan fingerprint density at radius 2 is 1.81 bits per heavy atom. The van der Waals surface area contributed by atoms with E-state index in [2.05, 4.69) is 26.1 Å². The molecule has 2 heteroatoms. The van der Waals surface area contributed by atoms with E-state index < -0.39 is 0 Å². The van der Waals surface area contributed by atoms with Crippen LogP contribution in [0, 0.1) is 5.92 Å². The van der Waals surface area contributed by atoms with Crippen LogP contribution in [-0.4, -0.2) is 19.2 Å². The Morgan fingerprint density at radius 3 is 2.38 bits per heavy atom. The normalized spacial score (nSPS) is 12.8. The number of ether oxygens (including phenoxy) is 1. The molecule has 1 aromatic rings. The highest BCUT2D eigenvalue weighted by Gasteiger charge is 2.07. The van der Waals surface area contributed by atoms with Gasteiger partial charge < -0.3 is 10.1 Å². The maximum atomic E-state index is 5.88. The molecule has 0 radical (unpaired) electrons. The highest BCUT2D eigenvalue weighted by molar-refractivity contribution is 5.21. The summed E-state index contributed by atoms with van der Waals surface area (Å²) in [5.41, 5.74) is 0. The predicted molar refractivity (Wildman–Crippen MR) is 68.9 cm³/mol. The van der Waals surface area contributed by atoms with Crippen molar-refractivity contribution in [1.29, 1.82) is 0 Å². The summed E-state index contributed by atoms with van der Waals surface area (Å²) in [6.45, 7) is 8.56. The lowest BCUT2D eigenvalue weighted by molar-refractivity contribution is 0.192. The zero-order chi connectivity index (χ0) is 11.8. The minimum Gasteiger partial charge on any atom is -0.489 e. The second-order valence-electron chi connectivity index (χ2n) is 4.51. The van der Waals surface area contributed by atoms with Crippen LogP contribution in [0.15, 0.2) is 30.3 Å². The van der Waals surface area contributed by atoms with Crippen molar-refractivity contribution >= 4 is 0 Å². The van der Waals surface area contributed by atoms with Gasteiger partial charge in [0.1, 0.15) is 11.9 Å². The lowest BCUT2D eigenvalue weighted by Crippen LogP contribution is -2.32. The number of hydrogen-bond acceptors (Lipinski definition) is 2. The smallest absolute Gasteiger partial charge is 0.119 e. The van der Waals surface area contributed by atoms with Crippen molar-refractivity contribution in [3.8, 4) is 5.75 Å². The molecule has 0 bridgehead atoms. The molecule has 0 fully saturated rings. The van der Waals surface area contributed by atoms with Crippen LogP contribution in [0.4, 0.5) is 0 Å². The average molecular weight is 221 g/mol. The topological polar surface area (TPSA) is 21.3 Å². The summed E-state index contributed by atoms with van der Waals surface area (Å²) in [7, 11) is 0. The molecule has 1 N–H and O–H groups in total. The van der Waals surface area contributed by atoms with Crippen LogP contribution in [0.5, 0.6) is 5.75 Å². The SMILES string of the molecule is CCC(CNCC(C)C)Oc1ccccc1. The lowest BCUT2D eigenvalue weighted by atomic mass is 10.2. The first-order valence-corrected chi connectivity index (χ1v) is 6.14. The fourth-order valence-electron chi connectivity index (χ4n) is 1.49. The summed E-state index contributed by atoms with van der Waals surface area (Å²) in [5, 5.41) is 3.43. The van der Waals surface area contributed by atoms with Crippen molar-refractivity contribution in [2.45, 2.75) is 33.3 Å². The van der Waals surface area contributed by atoms with E-state index in [1.165, 1.54) is 0 Å². The van der Waals surface area contributed by atoms with Crippen molar-refractivity contribution < 1.29 is 4.74 Å². The van der Waals surface area contributed by atoms with E-state index in [0.717, 1.165) is 25.3 Å². The molecular formula is C14H23NO. The van der Waals surface area contributed by atoms with E-state index in [0.29, 0.717) is 5.92 Å². The van der Waals surface area contributed by atoms with Gasteiger partial charge in [0.15, 0.2) is 0 Å². The number of hydrogen-bond donors (Lipinski definition) is 1. The van der Waals surface area contributed by atoms with Crippen LogP contribution in [0.3, 0.4) is 0 Å². The maximum Gasteiger partial charge on any atom is 0.119 e. The van der Waals surface area contributed by atoms with Crippen LogP contribution in [0.1, 0.15) is 27.2 Å². The van der Waals surface area contributed by atoms with E-state index >= 15 is 0 Å². The first-order valence-electron chi connectivity index (χ1n) is 6.14. The Morgan fingerprint density at radius 1 is 1.12 bits per heavy atom. The minimum atomic E-state index is 0.265. The lowest BCUT2D eigenvalue weighted by Gasteiger charge is -2.18. The summed E-state index contributed by atoms with van der Waals surface area (Å²) in [5.74, 6) is 1.65. The van der Waals surface area contributed by atoms with Gasteiger partial charge in [0, 0.05) is 6.54 Å². The first kappa shape index (κ1) is 13.0. The Balaban J connectivity index is 2.32. The predicted octanol–water partition coefficient (Wildman–Crippen LogP) is 3.09. The molecule has 0 saturated carbocycles. The second kappa shape index (κ2) is 7.29. The van der Waals surface area contributed by atoms with Crippen LogP contribution in [0.25, 0.3) is 0 Å². The van der Waals surface area contributed by atoms with Crippen LogP contribution in [0.2, 0.25) is 0 Å². The highest BCUT2D eigenvalue weighted by Crippen LogP contribution is 2.11. The van der Waals surface area contributed by atoms with Gasteiger partial charge in [0.2, 0.25) is 0 Å². The molecule has 0 aliphatic carbocycles. The van der Waals surface area contributed by atoms with Crippen molar-refractivity contribution in [2.75, 3.05) is 13.1 Å². The minimum absolute atomic E-state index is 0.265. The van der Waals surface area contributed by atoms with Crippen LogP contribution in [-0.2, 0) is 0 Å². The van der Waals surface area contributed by atoms with Gasteiger partial charge in [0.05, 0.1) is 0 Å². The van der Waals surface area contributed by atoms with Gasteiger partial charge >= 0.3 is 0 Å². The second-order valence-corrected chi connectivity index (χ2v) is 4.51. The Kier molecular flexibility index (Phi) is 5.94. The molecule has 0 aromatic heterocycles. The summed E-state index contributed by atoms with van der Waals surface area (Å²) in [4.78, 5) is 0. The fourth-order valence-corrected chi connectivity index (χ4v) is 1.49. The summed E-state index contributed by atoms with van der Waals surface area (Å²) >= 11 is 0. The maximum absolute atomic E-state index is 5.88. The van der Waals surface area contributed by atoms with Gasteiger partial charge in [-0.05, 0) is 31.0 Å². The van der Waals surface area contributed by atoms with Gasteiger partial charge in [-0.2, -0.15) is 0 Å². The number of benzene rings is 1. The molecule has 0 aliphatic rings. The molecule has 0 spiro atoms. The van der Waals surface area contributed by atoms with Gasteiger partial charge in [-0.1, -0.05) is 39.0 Å². The van der Waals surface area contributed by atoms with Gasteiger partial charge in [0.25, 0.3) is 0 Å². The fraction of sp³-hybridized carbons (Fsp3) is 0.571. The molecular weight excluding hydrogens is 198 g/mol. The molecule has 1 aromatic carbocycles. The Hall–Kier alpha value is -1.02. The van der Waals surface area contributed by atoms with Gasteiger partial charge in [-0.25, -0.2) is 0 Å². The van der Waals surface area contributed by atoms with E-state index in [1.54, 1.807) is 0 Å². The van der Waals surface area contributed by atoms with Crippen molar-refractivity contribution in [1.82, 2.24) is 5.32 Å². The molecule has 0 amide bonds. The molecule has 0 heterocycles. The average Bonchev–Trinajstić information content (AvgIpc) is 2.28. The van der Waals surface area contributed by atoms with Crippen molar-refractivity contribution in [2.24, 2.45) is 5.92 Å². The quantitative estimate of drug-likeness (QED) is 0.764. The van der Waals surface area contributed by atoms with Crippen molar-refractivity contribution in [3.05, 3.63) is 30.3 Å². The third-order valence-electron chi connectivity index (χ3n) is 2.43. The summed E-state index contributed by atoms with van der Waals surface area (Å²) in [6.07, 6.45) is 1.29. The zero-order valence-electron chi connectivity index (χ0n) is 10.6. The third-order valence-corrected chi connectivity index (χ3v) is 2.43. The summed E-state index contributed by atoms with van der Waals surface area (Å²) < 4.78 is 5.88. The molecule has 0 saturated heterocycles. The molecule has 90 valence electrons.